The Bertz CT molecular complexity index is 604. The Hall–Kier alpha value is -0.910. The quantitative estimate of drug-likeness (QED) is 0.802. The van der Waals surface area contributed by atoms with Crippen molar-refractivity contribution in [1.29, 1.82) is 0 Å². The number of benzene rings is 2. The first-order valence-electron chi connectivity index (χ1n) is 6.15. The molecule has 5 heteroatoms. The van der Waals surface area contributed by atoms with Gasteiger partial charge in [0, 0.05) is 14.5 Å². The van der Waals surface area contributed by atoms with E-state index in [4.69, 9.17) is 10.5 Å². The average Bonchev–Trinajstić information content (AvgIpc) is 2.42. The molecular weight excluding hydrogens is 389 g/mol. The van der Waals surface area contributed by atoms with Gasteiger partial charge in [-0.05, 0) is 54.9 Å². The highest BCUT2D eigenvalue weighted by atomic mass is 79.9. The van der Waals surface area contributed by atoms with Gasteiger partial charge >= 0.3 is 0 Å². The van der Waals surface area contributed by atoms with Crippen molar-refractivity contribution in [2.24, 2.45) is 5.73 Å². The van der Waals surface area contributed by atoms with Crippen LogP contribution in [0.25, 0.3) is 0 Å². The van der Waals surface area contributed by atoms with E-state index in [-0.39, 0.29) is 12.4 Å². The fraction of sp³-hybridized carbons (Fsp3) is 0.200. The van der Waals surface area contributed by atoms with Crippen molar-refractivity contribution >= 4 is 31.9 Å². The van der Waals surface area contributed by atoms with Gasteiger partial charge in [0.05, 0.1) is 0 Å². The van der Waals surface area contributed by atoms with Crippen molar-refractivity contribution in [2.45, 2.75) is 13.0 Å². The summed E-state index contributed by atoms with van der Waals surface area (Å²) in [6.45, 7) is 0.725. The van der Waals surface area contributed by atoms with Crippen LogP contribution >= 0.6 is 31.9 Å². The summed E-state index contributed by atoms with van der Waals surface area (Å²) in [5, 5.41) is 0. The van der Waals surface area contributed by atoms with Gasteiger partial charge < -0.3 is 10.5 Å². The van der Waals surface area contributed by atoms with Crippen molar-refractivity contribution in [3.63, 3.8) is 0 Å². The van der Waals surface area contributed by atoms with E-state index in [0.29, 0.717) is 12.1 Å². The lowest BCUT2D eigenvalue weighted by molar-refractivity contribution is 0.296. The van der Waals surface area contributed by atoms with E-state index >= 15 is 0 Å². The molecule has 20 heavy (non-hydrogen) atoms. The van der Waals surface area contributed by atoms with Crippen LogP contribution in [0, 0.1) is 5.82 Å². The molecule has 0 unspecified atom stereocenters. The Morgan fingerprint density at radius 2 is 1.65 bits per heavy atom. The zero-order chi connectivity index (χ0) is 14.5. The summed E-state index contributed by atoms with van der Waals surface area (Å²) in [4.78, 5) is 0. The van der Waals surface area contributed by atoms with Crippen LogP contribution in [0.3, 0.4) is 0 Å². The molecule has 0 atom stereocenters. The summed E-state index contributed by atoms with van der Waals surface area (Å²) in [7, 11) is 0. The molecule has 2 nitrogen and oxygen atoms in total. The third-order valence-electron chi connectivity index (χ3n) is 2.83. The van der Waals surface area contributed by atoms with Crippen LogP contribution in [0.15, 0.2) is 45.3 Å². The summed E-state index contributed by atoms with van der Waals surface area (Å²) in [5.74, 6) is 0.462. The van der Waals surface area contributed by atoms with E-state index in [1.54, 1.807) is 12.1 Å². The summed E-state index contributed by atoms with van der Waals surface area (Å²) in [5.41, 5.74) is 7.12. The molecule has 0 heterocycles. The maximum Gasteiger partial charge on any atom is 0.129 e. The molecule has 0 bridgehead atoms. The van der Waals surface area contributed by atoms with E-state index in [2.05, 4.69) is 31.9 Å². The lowest BCUT2D eigenvalue weighted by Crippen LogP contribution is -2.06. The number of nitrogens with two attached hydrogens (primary N) is 1. The van der Waals surface area contributed by atoms with Crippen LogP contribution in [0.5, 0.6) is 5.75 Å². The minimum atomic E-state index is -0.273. The smallest absolute Gasteiger partial charge is 0.129 e. The van der Waals surface area contributed by atoms with Crippen molar-refractivity contribution in [3.8, 4) is 5.75 Å². The molecule has 0 aliphatic rings. The molecule has 2 rings (SSSR count). The molecule has 2 aromatic rings. The van der Waals surface area contributed by atoms with Gasteiger partial charge in [-0.25, -0.2) is 4.39 Å². The van der Waals surface area contributed by atoms with Crippen molar-refractivity contribution in [2.75, 3.05) is 6.54 Å². The molecule has 106 valence electrons. The monoisotopic (exact) mass is 401 g/mol. The van der Waals surface area contributed by atoms with Gasteiger partial charge in [-0.3, -0.25) is 0 Å². The van der Waals surface area contributed by atoms with E-state index in [0.717, 1.165) is 26.7 Å². The molecule has 0 amide bonds. The first-order chi connectivity index (χ1) is 9.60. The highest BCUT2D eigenvalue weighted by Gasteiger charge is 2.07. The zero-order valence-electron chi connectivity index (χ0n) is 10.7. The first-order valence-corrected chi connectivity index (χ1v) is 7.74. The molecule has 2 N–H and O–H groups in total. The molecule has 0 radical (unpaired) electrons. The highest BCUT2D eigenvalue weighted by molar-refractivity contribution is 9.10. The predicted octanol–water partition coefficient (Wildman–Crippen LogP) is 4.43. The Morgan fingerprint density at radius 1 is 1.00 bits per heavy atom. The van der Waals surface area contributed by atoms with E-state index < -0.39 is 0 Å². The standard InChI is InChI=1S/C15H14Br2FNO/c16-12-1-3-14(18)11(8-12)9-20-15-4-2-13(17)7-10(15)5-6-19/h1-4,7-8H,5-6,9,19H2. The van der Waals surface area contributed by atoms with Gasteiger partial charge in [-0.15, -0.1) is 0 Å². The summed E-state index contributed by atoms with van der Waals surface area (Å²) in [6, 6.07) is 10.5. The van der Waals surface area contributed by atoms with Crippen LogP contribution in [-0.2, 0) is 13.0 Å². The third-order valence-corrected chi connectivity index (χ3v) is 3.81. The van der Waals surface area contributed by atoms with Gasteiger partial charge in [0.1, 0.15) is 18.2 Å². The molecule has 0 saturated carbocycles. The Labute approximate surface area is 134 Å². The van der Waals surface area contributed by atoms with E-state index in [1.165, 1.54) is 6.07 Å². The second-order valence-electron chi connectivity index (χ2n) is 4.32. The normalized spacial score (nSPS) is 10.6. The fourth-order valence-corrected chi connectivity index (χ4v) is 2.67. The minimum absolute atomic E-state index is 0.185. The Morgan fingerprint density at radius 3 is 2.35 bits per heavy atom. The molecule has 0 aliphatic heterocycles. The van der Waals surface area contributed by atoms with Crippen LogP contribution < -0.4 is 10.5 Å². The lowest BCUT2D eigenvalue weighted by Gasteiger charge is -2.12. The second kappa shape index (κ2) is 7.20. The molecule has 2 aromatic carbocycles. The molecule has 0 fully saturated rings. The van der Waals surface area contributed by atoms with Crippen LogP contribution in [-0.4, -0.2) is 6.54 Å². The second-order valence-corrected chi connectivity index (χ2v) is 6.15. The van der Waals surface area contributed by atoms with E-state index in [1.807, 2.05) is 18.2 Å². The van der Waals surface area contributed by atoms with Crippen LogP contribution in [0.4, 0.5) is 4.39 Å². The number of rotatable bonds is 5. The number of hydrogen-bond donors (Lipinski definition) is 1. The van der Waals surface area contributed by atoms with Gasteiger partial charge in [-0.2, -0.15) is 0 Å². The average molecular weight is 403 g/mol. The maximum atomic E-state index is 13.7. The van der Waals surface area contributed by atoms with Crippen molar-refractivity contribution in [3.05, 3.63) is 62.3 Å². The summed E-state index contributed by atoms with van der Waals surface area (Å²) >= 11 is 6.75. The largest absolute Gasteiger partial charge is 0.489 e. The fourth-order valence-electron chi connectivity index (χ4n) is 1.85. The van der Waals surface area contributed by atoms with Crippen molar-refractivity contribution < 1.29 is 9.13 Å². The molecule has 0 aliphatic carbocycles. The SMILES string of the molecule is NCCc1cc(Br)ccc1OCc1cc(Br)ccc1F. The lowest BCUT2D eigenvalue weighted by atomic mass is 10.1. The Balaban J connectivity index is 2.16. The van der Waals surface area contributed by atoms with Crippen LogP contribution in [0.1, 0.15) is 11.1 Å². The molecule has 0 aromatic heterocycles. The van der Waals surface area contributed by atoms with Gasteiger partial charge in [0.2, 0.25) is 0 Å². The number of halogens is 3. The number of ether oxygens (including phenoxy) is 1. The minimum Gasteiger partial charge on any atom is -0.489 e. The first kappa shape index (κ1) is 15.5. The van der Waals surface area contributed by atoms with Crippen molar-refractivity contribution in [1.82, 2.24) is 0 Å². The molecular formula is C15H14Br2FNO. The highest BCUT2D eigenvalue weighted by Crippen LogP contribution is 2.25. The van der Waals surface area contributed by atoms with Crippen LogP contribution in [0.2, 0.25) is 0 Å². The van der Waals surface area contributed by atoms with Gasteiger partial charge in [0.15, 0.2) is 0 Å². The third kappa shape index (κ3) is 4.04. The summed E-state index contributed by atoms with van der Waals surface area (Å²) < 4.78 is 21.2. The zero-order valence-corrected chi connectivity index (χ0v) is 13.9. The maximum absolute atomic E-state index is 13.7. The summed E-state index contributed by atoms with van der Waals surface area (Å²) in [6.07, 6.45) is 0.718. The predicted molar refractivity (Wildman–Crippen MR) is 85.3 cm³/mol. The van der Waals surface area contributed by atoms with Gasteiger partial charge in [-0.1, -0.05) is 31.9 Å². The molecule has 0 spiro atoms. The van der Waals surface area contributed by atoms with E-state index in [9.17, 15) is 4.39 Å². The molecule has 0 saturated heterocycles. The van der Waals surface area contributed by atoms with Gasteiger partial charge in [0.25, 0.3) is 0 Å². The topological polar surface area (TPSA) is 35.2 Å². The Kier molecular flexibility index (Phi) is 5.57. The number of hydrogen-bond acceptors (Lipinski definition) is 2.